The summed E-state index contributed by atoms with van der Waals surface area (Å²) < 4.78 is 20.9. The SMILES string of the molecule is C#Cc1cccc(Nc2ncnc3cc(O)c(O)cc23)c1.C#Cc1cccc(Nc2ncnc3cc(O)c(OCCOC)cc23)c1.C#Cc1cccc(Nc2ncnc3cc(OCCOC)c(O)cc23)c1. The maximum Gasteiger partial charge on any atom is 0.163 e. The van der Waals surface area contributed by atoms with E-state index in [1.807, 2.05) is 72.8 Å². The molecule has 17 nitrogen and oxygen atoms in total. The maximum atomic E-state index is 10.2. The third-order valence-electron chi connectivity index (χ3n) is 10.1. The molecule has 17 heteroatoms. The lowest BCUT2D eigenvalue weighted by molar-refractivity contribution is 0.144. The number of nitrogens with one attached hydrogen (secondary N) is 3. The molecule has 0 bridgehead atoms. The normalized spacial score (nSPS) is 10.4. The second kappa shape index (κ2) is 23.7. The van der Waals surface area contributed by atoms with Crippen LogP contribution in [0.15, 0.2) is 128 Å². The van der Waals surface area contributed by atoms with Gasteiger partial charge in [0.05, 0.1) is 29.8 Å². The van der Waals surface area contributed by atoms with Crippen molar-refractivity contribution in [3.63, 3.8) is 0 Å². The monoisotopic (exact) mass is 947 g/mol. The summed E-state index contributed by atoms with van der Waals surface area (Å²) in [4.78, 5) is 25.2. The summed E-state index contributed by atoms with van der Waals surface area (Å²) >= 11 is 0. The van der Waals surface area contributed by atoms with Crippen LogP contribution in [0.1, 0.15) is 16.7 Å². The van der Waals surface area contributed by atoms with Crippen LogP contribution in [0.2, 0.25) is 0 Å². The number of fused-ring (bicyclic) bond motifs is 3. The molecule has 0 unspecified atom stereocenters. The molecule has 0 fully saturated rings. The van der Waals surface area contributed by atoms with Crippen LogP contribution in [0, 0.1) is 37.0 Å². The van der Waals surface area contributed by atoms with Gasteiger partial charge in [-0.1, -0.05) is 36.0 Å². The van der Waals surface area contributed by atoms with E-state index in [0.717, 1.165) is 39.1 Å². The van der Waals surface area contributed by atoms with E-state index in [-0.39, 0.29) is 23.0 Å². The Bertz CT molecular complexity index is 3460. The smallest absolute Gasteiger partial charge is 0.163 e. The summed E-state index contributed by atoms with van der Waals surface area (Å²) in [7, 11) is 3.17. The fraction of sp³-hybridized carbons (Fsp3) is 0.111. The highest BCUT2D eigenvalue weighted by molar-refractivity contribution is 5.95. The van der Waals surface area contributed by atoms with E-state index in [4.69, 9.17) is 38.2 Å². The molecule has 0 saturated carbocycles. The average molecular weight is 948 g/mol. The molecule has 0 aliphatic rings. The van der Waals surface area contributed by atoms with Gasteiger partial charge in [-0.05, 0) is 72.8 Å². The van der Waals surface area contributed by atoms with Crippen molar-refractivity contribution < 1.29 is 39.4 Å². The van der Waals surface area contributed by atoms with Crippen molar-refractivity contribution in [2.45, 2.75) is 0 Å². The van der Waals surface area contributed by atoms with Crippen molar-refractivity contribution in [2.75, 3.05) is 56.6 Å². The molecule has 6 aromatic carbocycles. The van der Waals surface area contributed by atoms with E-state index in [0.29, 0.717) is 82.7 Å². The molecule has 9 rings (SSSR count). The zero-order valence-electron chi connectivity index (χ0n) is 38.3. The number of aromatic nitrogens is 6. The van der Waals surface area contributed by atoms with Crippen LogP contribution in [0.25, 0.3) is 32.7 Å². The number of phenolic OH excluding ortho intramolecular Hbond substituents is 4. The lowest BCUT2D eigenvalue weighted by Gasteiger charge is -2.12. The van der Waals surface area contributed by atoms with Crippen molar-refractivity contribution in [3.8, 4) is 71.5 Å². The lowest BCUT2D eigenvalue weighted by atomic mass is 10.2. The number of terminal acetylenes is 3. The second-order valence-corrected chi connectivity index (χ2v) is 14.9. The zero-order chi connectivity index (χ0) is 50.1. The summed E-state index contributed by atoms with van der Waals surface area (Å²) in [5, 5.41) is 51.0. The van der Waals surface area contributed by atoms with Crippen molar-refractivity contribution >= 4 is 67.2 Å². The Kier molecular flexibility index (Phi) is 16.4. The lowest BCUT2D eigenvalue weighted by Crippen LogP contribution is -2.04. The topological polar surface area (TPSA) is 231 Å². The number of anilines is 6. The van der Waals surface area contributed by atoms with Gasteiger partial charge in [-0.25, -0.2) is 29.9 Å². The van der Waals surface area contributed by atoms with E-state index in [9.17, 15) is 20.4 Å². The van der Waals surface area contributed by atoms with Gasteiger partial charge < -0.3 is 55.3 Å². The van der Waals surface area contributed by atoms with Crippen LogP contribution < -0.4 is 25.4 Å². The van der Waals surface area contributed by atoms with E-state index < -0.39 is 0 Å². The highest BCUT2D eigenvalue weighted by Gasteiger charge is 2.14. The summed E-state index contributed by atoms with van der Waals surface area (Å²) in [5.41, 5.74) is 6.44. The summed E-state index contributed by atoms with van der Waals surface area (Å²) in [5.74, 6) is 9.71. The first kappa shape index (κ1) is 49.1. The first-order valence-corrected chi connectivity index (χ1v) is 21.5. The molecule has 3 aromatic heterocycles. The Balaban J connectivity index is 0.000000157. The van der Waals surface area contributed by atoms with Gasteiger partial charge in [0.25, 0.3) is 0 Å². The molecule has 0 spiro atoms. The predicted octanol–water partition coefficient (Wildman–Crippen LogP) is 8.94. The second-order valence-electron chi connectivity index (χ2n) is 14.9. The Morgan fingerprint density at radius 1 is 0.423 bits per heavy atom. The largest absolute Gasteiger partial charge is 0.504 e. The number of benzene rings is 6. The van der Waals surface area contributed by atoms with Gasteiger partial charge in [0.15, 0.2) is 34.5 Å². The van der Waals surface area contributed by atoms with Gasteiger partial charge >= 0.3 is 0 Å². The Labute approximate surface area is 408 Å². The summed E-state index contributed by atoms with van der Waals surface area (Å²) in [6, 6.07) is 31.5. The standard InChI is InChI=1S/2C19H17N3O3.C16H11N3O2/c1-3-13-5-4-6-14(9-13)22-19-15-10-18(25-8-7-24-2)17(23)11-16(15)20-12-21-19;1-3-13-5-4-6-14(9-13)22-19-15-10-17(23)18(25-8-7-24-2)11-16(15)20-12-21-19;1-2-10-4-3-5-11(6-10)19-16-12-7-14(20)15(21)8-13(12)17-9-18-16/h2*1,4-6,9-12,23H,7-8H2,2H3,(H,20,21,22);1,3-9,20-21H,(H,17,18,19). The molecular weight excluding hydrogens is 903 g/mol. The van der Waals surface area contributed by atoms with E-state index in [1.54, 1.807) is 38.5 Å². The molecule has 354 valence electrons. The molecular formula is C54H45N9O8. The van der Waals surface area contributed by atoms with Crippen molar-refractivity contribution in [1.82, 2.24) is 29.9 Å². The Morgan fingerprint density at radius 3 is 1.20 bits per heavy atom. The van der Waals surface area contributed by atoms with Gasteiger partial charge in [0.1, 0.15) is 49.6 Å². The minimum Gasteiger partial charge on any atom is -0.504 e. The number of rotatable bonds is 14. The van der Waals surface area contributed by atoms with Crippen LogP contribution in [0.4, 0.5) is 34.5 Å². The number of aromatic hydroxyl groups is 4. The van der Waals surface area contributed by atoms with Crippen molar-refractivity contribution in [1.29, 1.82) is 0 Å². The first-order chi connectivity index (χ1) is 34.6. The molecule has 0 aliphatic carbocycles. The van der Waals surface area contributed by atoms with E-state index >= 15 is 0 Å². The molecule has 0 saturated heterocycles. The molecule has 0 atom stereocenters. The van der Waals surface area contributed by atoms with E-state index in [1.165, 1.54) is 31.1 Å². The molecule has 0 aliphatic heterocycles. The molecule has 7 N–H and O–H groups in total. The Hall–Kier alpha value is -9.86. The van der Waals surface area contributed by atoms with Gasteiger partial charge in [-0.2, -0.15) is 0 Å². The minimum absolute atomic E-state index is 0.0128. The number of hydrogen-bond acceptors (Lipinski definition) is 17. The van der Waals surface area contributed by atoms with Crippen LogP contribution in [0.5, 0.6) is 34.5 Å². The van der Waals surface area contributed by atoms with Crippen molar-refractivity contribution in [3.05, 3.63) is 145 Å². The van der Waals surface area contributed by atoms with Crippen LogP contribution >= 0.6 is 0 Å². The molecule has 71 heavy (non-hydrogen) atoms. The maximum absolute atomic E-state index is 10.2. The first-order valence-electron chi connectivity index (χ1n) is 21.5. The van der Waals surface area contributed by atoms with Gasteiger partial charge in [-0.15, -0.1) is 19.3 Å². The van der Waals surface area contributed by atoms with Gasteiger partial charge in [-0.3, -0.25) is 0 Å². The summed E-state index contributed by atoms with van der Waals surface area (Å²) in [6.45, 7) is 1.52. The number of hydrogen-bond donors (Lipinski definition) is 7. The van der Waals surface area contributed by atoms with Crippen LogP contribution in [-0.2, 0) is 9.47 Å². The quantitative estimate of drug-likeness (QED) is 0.0306. The van der Waals surface area contributed by atoms with E-state index in [2.05, 4.69) is 63.6 Å². The molecule has 3 heterocycles. The number of nitrogens with zero attached hydrogens (tertiary/aromatic N) is 6. The highest BCUT2D eigenvalue weighted by atomic mass is 16.5. The Morgan fingerprint density at radius 2 is 0.775 bits per heavy atom. The van der Waals surface area contributed by atoms with Crippen LogP contribution in [0.3, 0.4) is 0 Å². The fourth-order valence-electron chi connectivity index (χ4n) is 6.70. The van der Waals surface area contributed by atoms with Gasteiger partial charge in [0.2, 0.25) is 0 Å². The summed E-state index contributed by atoms with van der Waals surface area (Å²) in [6.07, 6.45) is 20.5. The molecule has 0 radical (unpaired) electrons. The number of ether oxygens (including phenoxy) is 4. The van der Waals surface area contributed by atoms with Crippen molar-refractivity contribution in [2.24, 2.45) is 0 Å². The molecule has 9 aromatic rings. The molecule has 0 amide bonds. The third-order valence-corrected chi connectivity index (χ3v) is 10.1. The fourth-order valence-corrected chi connectivity index (χ4v) is 6.70. The predicted molar refractivity (Wildman–Crippen MR) is 273 cm³/mol. The third kappa shape index (κ3) is 12.8. The zero-order valence-corrected chi connectivity index (χ0v) is 38.3. The number of methoxy groups -OCH3 is 2. The highest BCUT2D eigenvalue weighted by Crippen LogP contribution is 2.36. The van der Waals surface area contributed by atoms with Crippen LogP contribution in [-0.4, -0.2) is 91.0 Å². The van der Waals surface area contributed by atoms with Gasteiger partial charge in [0, 0.05) is 82.3 Å². The average Bonchev–Trinajstić information content (AvgIpc) is 3.38. The number of phenols is 4. The minimum atomic E-state index is -0.224.